The van der Waals surface area contributed by atoms with Crippen LogP contribution in [0.25, 0.3) is 0 Å². The van der Waals surface area contributed by atoms with Crippen LogP contribution < -0.4 is 5.32 Å². The highest BCUT2D eigenvalue weighted by atomic mass is 32.2. The molecule has 1 aromatic carbocycles. The summed E-state index contributed by atoms with van der Waals surface area (Å²) in [6, 6.07) is 7.51. The number of methoxy groups -OCH3 is 1. The van der Waals surface area contributed by atoms with Crippen LogP contribution in [0.4, 0.5) is 0 Å². The molecule has 0 bridgehead atoms. The van der Waals surface area contributed by atoms with Crippen LogP contribution in [0.3, 0.4) is 0 Å². The van der Waals surface area contributed by atoms with Gasteiger partial charge in [0.05, 0.1) is 12.7 Å². The monoisotopic (exact) mass is 239 g/mol. The maximum Gasteiger partial charge on any atom is 0.338 e. The van der Waals surface area contributed by atoms with Crippen molar-refractivity contribution in [1.29, 1.82) is 0 Å². The van der Waals surface area contributed by atoms with Gasteiger partial charge in [0, 0.05) is 18.8 Å². The quantitative estimate of drug-likeness (QED) is 0.608. The van der Waals surface area contributed by atoms with E-state index in [4.69, 9.17) is 4.74 Å². The second-order valence-corrected chi connectivity index (χ2v) is 4.30. The Morgan fingerprint density at radius 2 is 2.19 bits per heavy atom. The molecule has 0 unspecified atom stereocenters. The third kappa shape index (κ3) is 3.87. The number of carbonyl (C=O) groups is 1. The zero-order chi connectivity index (χ0) is 11.8. The lowest BCUT2D eigenvalue weighted by Gasteiger charge is -2.08. The molecule has 0 saturated carbocycles. The third-order valence-electron chi connectivity index (χ3n) is 2.22. The number of ether oxygens (including phenoxy) is 1. The van der Waals surface area contributed by atoms with E-state index in [1.54, 1.807) is 17.8 Å². The summed E-state index contributed by atoms with van der Waals surface area (Å²) in [5, 5.41) is 3.29. The van der Waals surface area contributed by atoms with Crippen molar-refractivity contribution in [2.24, 2.45) is 0 Å². The third-order valence-corrected chi connectivity index (χ3v) is 2.83. The van der Waals surface area contributed by atoms with Gasteiger partial charge in [0.1, 0.15) is 0 Å². The van der Waals surface area contributed by atoms with Gasteiger partial charge >= 0.3 is 5.97 Å². The molecule has 3 nitrogen and oxygen atoms in total. The highest BCUT2D eigenvalue weighted by molar-refractivity contribution is 7.98. The number of esters is 1. The van der Waals surface area contributed by atoms with Crippen LogP contribution >= 0.6 is 11.8 Å². The molecule has 1 aromatic rings. The number of nitrogens with one attached hydrogen (secondary N) is 1. The normalized spacial score (nSPS) is 10.1. The molecular formula is C12H17NO2S. The Morgan fingerprint density at radius 3 is 2.88 bits per heavy atom. The summed E-state index contributed by atoms with van der Waals surface area (Å²) < 4.78 is 4.73. The fourth-order valence-corrected chi connectivity index (χ4v) is 1.73. The van der Waals surface area contributed by atoms with Gasteiger partial charge in [0.25, 0.3) is 0 Å². The van der Waals surface area contributed by atoms with Crippen molar-refractivity contribution >= 4 is 17.7 Å². The zero-order valence-electron chi connectivity index (χ0n) is 9.66. The predicted molar refractivity (Wildman–Crippen MR) is 67.9 cm³/mol. The second kappa shape index (κ2) is 7.30. The maximum absolute atomic E-state index is 11.5. The van der Waals surface area contributed by atoms with Gasteiger partial charge in [-0.3, -0.25) is 0 Å². The molecule has 88 valence electrons. The van der Waals surface area contributed by atoms with Gasteiger partial charge < -0.3 is 10.1 Å². The maximum atomic E-state index is 11.5. The summed E-state index contributed by atoms with van der Waals surface area (Å²) in [5.41, 5.74) is 1.62. The number of benzene rings is 1. The summed E-state index contributed by atoms with van der Waals surface area (Å²) >= 11 is 1.80. The average Bonchev–Trinajstić information content (AvgIpc) is 2.34. The van der Waals surface area contributed by atoms with Gasteiger partial charge in [-0.1, -0.05) is 18.2 Å². The molecule has 0 atom stereocenters. The molecule has 0 amide bonds. The minimum atomic E-state index is -0.276. The minimum absolute atomic E-state index is 0.276. The van der Waals surface area contributed by atoms with Gasteiger partial charge in [-0.25, -0.2) is 4.79 Å². The van der Waals surface area contributed by atoms with Crippen molar-refractivity contribution < 1.29 is 9.53 Å². The van der Waals surface area contributed by atoms with Crippen LogP contribution in [0.5, 0.6) is 0 Å². The van der Waals surface area contributed by atoms with E-state index >= 15 is 0 Å². The van der Waals surface area contributed by atoms with Crippen molar-refractivity contribution in [2.75, 3.05) is 25.7 Å². The van der Waals surface area contributed by atoms with Crippen molar-refractivity contribution in [3.63, 3.8) is 0 Å². The molecule has 0 aliphatic heterocycles. The van der Waals surface area contributed by atoms with E-state index in [-0.39, 0.29) is 5.97 Å². The zero-order valence-corrected chi connectivity index (χ0v) is 10.5. The van der Waals surface area contributed by atoms with Gasteiger partial charge in [-0.2, -0.15) is 11.8 Å². The van der Waals surface area contributed by atoms with Crippen LogP contribution in [0.1, 0.15) is 15.9 Å². The van der Waals surface area contributed by atoms with Crippen LogP contribution in [-0.2, 0) is 11.3 Å². The number of hydrogen-bond donors (Lipinski definition) is 1. The Labute approximate surface area is 101 Å². The first kappa shape index (κ1) is 13.1. The van der Waals surface area contributed by atoms with Crippen molar-refractivity contribution in [3.8, 4) is 0 Å². The number of rotatable bonds is 6. The lowest BCUT2D eigenvalue weighted by molar-refractivity contribution is 0.0599. The molecule has 0 radical (unpaired) electrons. The first-order valence-corrected chi connectivity index (χ1v) is 6.55. The van der Waals surface area contributed by atoms with E-state index in [1.807, 2.05) is 18.2 Å². The summed E-state index contributed by atoms with van der Waals surface area (Å²) in [6.07, 6.45) is 2.07. The number of hydrogen-bond acceptors (Lipinski definition) is 4. The Balaban J connectivity index is 2.60. The van der Waals surface area contributed by atoms with E-state index in [2.05, 4.69) is 11.6 Å². The van der Waals surface area contributed by atoms with Crippen molar-refractivity contribution in [3.05, 3.63) is 35.4 Å². The minimum Gasteiger partial charge on any atom is -0.465 e. The SMILES string of the molecule is COC(=O)c1ccccc1CNCCSC. The molecule has 1 N–H and O–H groups in total. The Hall–Kier alpha value is -1.00. The Morgan fingerprint density at radius 1 is 1.44 bits per heavy atom. The van der Waals surface area contributed by atoms with E-state index in [0.29, 0.717) is 12.1 Å². The average molecular weight is 239 g/mol. The Bertz CT molecular complexity index is 342. The largest absolute Gasteiger partial charge is 0.465 e. The summed E-state index contributed by atoms with van der Waals surface area (Å²) in [5.74, 6) is 0.794. The smallest absolute Gasteiger partial charge is 0.338 e. The van der Waals surface area contributed by atoms with E-state index in [9.17, 15) is 4.79 Å². The fourth-order valence-electron chi connectivity index (χ4n) is 1.38. The molecule has 0 aliphatic rings. The van der Waals surface area contributed by atoms with Crippen LogP contribution in [0, 0.1) is 0 Å². The fraction of sp³-hybridized carbons (Fsp3) is 0.417. The molecule has 0 saturated heterocycles. The highest BCUT2D eigenvalue weighted by Gasteiger charge is 2.09. The topological polar surface area (TPSA) is 38.3 Å². The molecule has 4 heteroatoms. The van der Waals surface area contributed by atoms with E-state index in [1.165, 1.54) is 7.11 Å². The van der Waals surface area contributed by atoms with Gasteiger partial charge in [0.2, 0.25) is 0 Å². The molecular weight excluding hydrogens is 222 g/mol. The lowest BCUT2D eigenvalue weighted by Crippen LogP contribution is -2.18. The summed E-state index contributed by atoms with van der Waals surface area (Å²) in [7, 11) is 1.40. The molecule has 0 spiro atoms. The van der Waals surface area contributed by atoms with Crippen molar-refractivity contribution in [1.82, 2.24) is 5.32 Å². The molecule has 0 aromatic heterocycles. The number of thioether (sulfide) groups is 1. The highest BCUT2D eigenvalue weighted by Crippen LogP contribution is 2.09. The molecule has 1 rings (SSSR count). The molecule has 0 aliphatic carbocycles. The van der Waals surface area contributed by atoms with E-state index in [0.717, 1.165) is 17.9 Å². The van der Waals surface area contributed by atoms with Crippen LogP contribution in [-0.4, -0.2) is 31.6 Å². The van der Waals surface area contributed by atoms with Crippen LogP contribution in [0.15, 0.2) is 24.3 Å². The Kier molecular flexibility index (Phi) is 5.96. The van der Waals surface area contributed by atoms with E-state index < -0.39 is 0 Å². The lowest BCUT2D eigenvalue weighted by atomic mass is 10.1. The molecule has 0 fully saturated rings. The summed E-state index contributed by atoms with van der Waals surface area (Å²) in [4.78, 5) is 11.5. The first-order valence-electron chi connectivity index (χ1n) is 5.15. The van der Waals surface area contributed by atoms with Gasteiger partial charge in [-0.15, -0.1) is 0 Å². The second-order valence-electron chi connectivity index (χ2n) is 3.32. The van der Waals surface area contributed by atoms with Crippen molar-refractivity contribution in [2.45, 2.75) is 6.54 Å². The van der Waals surface area contributed by atoms with Gasteiger partial charge in [-0.05, 0) is 17.9 Å². The molecule has 16 heavy (non-hydrogen) atoms. The number of carbonyl (C=O) groups excluding carboxylic acids is 1. The first-order chi connectivity index (χ1) is 7.79. The van der Waals surface area contributed by atoms with Crippen LogP contribution in [0.2, 0.25) is 0 Å². The van der Waals surface area contributed by atoms with Gasteiger partial charge in [0.15, 0.2) is 0 Å². The molecule has 0 heterocycles. The summed E-state index contributed by atoms with van der Waals surface area (Å²) in [6.45, 7) is 1.64. The standard InChI is InChI=1S/C12H17NO2S/c1-15-12(14)11-6-4-3-5-10(11)9-13-7-8-16-2/h3-6,13H,7-9H2,1-2H3. The predicted octanol–water partition coefficient (Wildman–Crippen LogP) is 1.93.